The zero-order valence-electron chi connectivity index (χ0n) is 21.5. The van der Waals surface area contributed by atoms with Gasteiger partial charge in [-0.05, 0) is 60.4 Å². The van der Waals surface area contributed by atoms with Crippen molar-refractivity contribution in [1.29, 1.82) is 0 Å². The van der Waals surface area contributed by atoms with Crippen LogP contribution in [-0.2, 0) is 17.8 Å². The van der Waals surface area contributed by atoms with E-state index in [1.54, 1.807) is 6.07 Å². The largest absolute Gasteiger partial charge is 0.481 e. The molecule has 0 amide bonds. The van der Waals surface area contributed by atoms with E-state index in [9.17, 15) is 9.90 Å². The minimum absolute atomic E-state index is 0.125. The van der Waals surface area contributed by atoms with Crippen molar-refractivity contribution < 1.29 is 14.6 Å². The normalized spacial score (nSPS) is 12.1. The van der Waals surface area contributed by atoms with Gasteiger partial charge in [-0.25, -0.2) is 0 Å². The van der Waals surface area contributed by atoms with Crippen LogP contribution in [0.4, 0.5) is 0 Å². The molecule has 0 spiro atoms. The van der Waals surface area contributed by atoms with Crippen LogP contribution in [0.5, 0.6) is 5.75 Å². The van der Waals surface area contributed by atoms with Crippen molar-refractivity contribution in [2.75, 3.05) is 0 Å². The molecule has 0 aliphatic carbocycles. The first kappa shape index (κ1) is 25.2. The van der Waals surface area contributed by atoms with Crippen LogP contribution in [0.3, 0.4) is 0 Å². The van der Waals surface area contributed by atoms with E-state index in [1.807, 2.05) is 65.3 Å². The van der Waals surface area contributed by atoms with Gasteiger partial charge in [0.15, 0.2) is 6.10 Å². The Morgan fingerprint density at radius 3 is 2.39 bits per heavy atom. The molecule has 1 aromatic heterocycles. The molecule has 6 heteroatoms. The van der Waals surface area contributed by atoms with Crippen molar-refractivity contribution in [1.82, 2.24) is 9.78 Å². The molecular weight excluding hydrogens is 474 g/mol. The fourth-order valence-corrected chi connectivity index (χ4v) is 4.77. The summed E-state index contributed by atoms with van der Waals surface area (Å²) in [5.41, 5.74) is 12.5. The van der Waals surface area contributed by atoms with E-state index in [2.05, 4.69) is 44.2 Å². The summed E-state index contributed by atoms with van der Waals surface area (Å²) in [5, 5.41) is 15.5. The average Bonchev–Trinajstić information content (AvgIpc) is 3.32. The van der Waals surface area contributed by atoms with Crippen LogP contribution in [0.2, 0.25) is 0 Å². The van der Waals surface area contributed by atoms with Gasteiger partial charge in [0.25, 0.3) is 0 Å². The first-order valence-corrected chi connectivity index (χ1v) is 12.8. The lowest BCUT2D eigenvalue weighted by Gasteiger charge is -2.20. The predicted octanol–water partition coefficient (Wildman–Crippen LogP) is 6.54. The van der Waals surface area contributed by atoms with E-state index in [-0.39, 0.29) is 12.5 Å². The molecule has 0 aliphatic rings. The number of nitrogens with two attached hydrogens (primary N) is 1. The lowest BCUT2D eigenvalue weighted by molar-refractivity contribution is -0.136. The molecule has 192 valence electrons. The maximum atomic E-state index is 11.5. The fraction of sp³-hybridized carbons (Fsp3) is 0.188. The number of aliphatic carboxylic acids is 1. The van der Waals surface area contributed by atoms with E-state index in [1.165, 1.54) is 0 Å². The number of fused-ring (bicyclic) bond motifs is 1. The number of carboxylic acids is 1. The smallest absolute Gasteiger partial charge is 0.307 e. The Morgan fingerprint density at radius 1 is 0.921 bits per heavy atom. The molecule has 0 saturated carbocycles. The van der Waals surface area contributed by atoms with Crippen LogP contribution in [0.25, 0.3) is 22.0 Å². The minimum Gasteiger partial charge on any atom is -0.481 e. The Labute approximate surface area is 222 Å². The van der Waals surface area contributed by atoms with Crippen molar-refractivity contribution in [3.05, 3.63) is 119 Å². The summed E-state index contributed by atoms with van der Waals surface area (Å²) in [4.78, 5) is 11.5. The van der Waals surface area contributed by atoms with Crippen molar-refractivity contribution in [2.24, 2.45) is 5.73 Å². The SMILES string of the molecule is CC(C)n1nc(C(Oc2ccccc2CC(=O)O)c2ccccc2)c2cc(-c3cccc(CN)c3)ccc21. The summed E-state index contributed by atoms with van der Waals surface area (Å²) in [7, 11) is 0. The van der Waals surface area contributed by atoms with Crippen LogP contribution in [0.15, 0.2) is 97.1 Å². The topological polar surface area (TPSA) is 90.4 Å². The van der Waals surface area contributed by atoms with Crippen LogP contribution < -0.4 is 10.5 Å². The standard InChI is InChI=1S/C32H31N3O3/c1-21(2)35-28-16-15-25(24-13-8-9-22(17-24)20-33)18-27(28)31(34-35)32(23-10-4-3-5-11-23)38-29-14-7-6-12-26(29)19-30(36)37/h3-18,21,32H,19-20,33H2,1-2H3,(H,36,37). The molecule has 0 saturated heterocycles. The van der Waals surface area contributed by atoms with Crippen LogP contribution in [-0.4, -0.2) is 20.9 Å². The van der Waals surface area contributed by atoms with Crippen molar-refractivity contribution in [3.63, 3.8) is 0 Å². The summed E-state index contributed by atoms with van der Waals surface area (Å²) in [6.45, 7) is 4.69. The Morgan fingerprint density at radius 2 is 1.66 bits per heavy atom. The second-order valence-electron chi connectivity index (χ2n) is 9.65. The van der Waals surface area contributed by atoms with Gasteiger partial charge in [0.05, 0.1) is 11.9 Å². The van der Waals surface area contributed by atoms with E-state index in [0.29, 0.717) is 17.9 Å². The van der Waals surface area contributed by atoms with Crippen LogP contribution in [0, 0.1) is 0 Å². The van der Waals surface area contributed by atoms with Gasteiger partial charge in [-0.1, -0.05) is 72.8 Å². The molecule has 5 rings (SSSR count). The molecule has 1 unspecified atom stereocenters. The maximum Gasteiger partial charge on any atom is 0.307 e. The van der Waals surface area contributed by atoms with Crippen molar-refractivity contribution in [2.45, 2.75) is 39.0 Å². The Hall–Kier alpha value is -4.42. The van der Waals surface area contributed by atoms with Crippen molar-refractivity contribution >= 4 is 16.9 Å². The average molecular weight is 506 g/mol. The van der Waals surface area contributed by atoms with E-state index in [0.717, 1.165) is 38.9 Å². The highest BCUT2D eigenvalue weighted by molar-refractivity contribution is 5.88. The Bertz CT molecular complexity index is 1570. The minimum atomic E-state index is -0.906. The molecule has 3 N–H and O–H groups in total. The Balaban J connectivity index is 1.69. The van der Waals surface area contributed by atoms with Gasteiger partial charge in [0.1, 0.15) is 11.4 Å². The molecule has 0 bridgehead atoms. The number of carboxylic acid groups (broad SMARTS) is 1. The number of carbonyl (C=O) groups is 1. The number of nitrogens with zero attached hydrogens (tertiary/aromatic N) is 2. The molecule has 5 aromatic rings. The first-order valence-electron chi connectivity index (χ1n) is 12.8. The third-order valence-corrected chi connectivity index (χ3v) is 6.63. The summed E-state index contributed by atoms with van der Waals surface area (Å²) in [6.07, 6.45) is -0.667. The second kappa shape index (κ2) is 10.9. The predicted molar refractivity (Wildman–Crippen MR) is 150 cm³/mol. The number of benzene rings is 4. The Kier molecular flexibility index (Phi) is 7.24. The number of rotatable bonds is 9. The summed E-state index contributed by atoms with van der Waals surface area (Å²) in [6, 6.07) is 32.0. The number of hydrogen-bond donors (Lipinski definition) is 2. The zero-order chi connectivity index (χ0) is 26.6. The van der Waals surface area contributed by atoms with Gasteiger partial charge < -0.3 is 15.6 Å². The van der Waals surface area contributed by atoms with Gasteiger partial charge in [0, 0.05) is 23.5 Å². The highest BCUT2D eigenvalue weighted by atomic mass is 16.5. The van der Waals surface area contributed by atoms with E-state index >= 15 is 0 Å². The third kappa shape index (κ3) is 5.17. The van der Waals surface area contributed by atoms with Gasteiger partial charge in [-0.3, -0.25) is 9.48 Å². The fourth-order valence-electron chi connectivity index (χ4n) is 4.77. The number of ether oxygens (including phenoxy) is 1. The molecular formula is C32H31N3O3. The molecule has 1 heterocycles. The number of aromatic nitrogens is 2. The highest BCUT2D eigenvalue weighted by Gasteiger charge is 2.26. The van der Waals surface area contributed by atoms with Gasteiger partial charge >= 0.3 is 5.97 Å². The van der Waals surface area contributed by atoms with Crippen LogP contribution >= 0.6 is 0 Å². The van der Waals surface area contributed by atoms with E-state index in [4.69, 9.17) is 15.6 Å². The summed E-state index contributed by atoms with van der Waals surface area (Å²) >= 11 is 0. The first-order chi connectivity index (χ1) is 18.4. The number of hydrogen-bond acceptors (Lipinski definition) is 4. The molecule has 6 nitrogen and oxygen atoms in total. The quantitative estimate of drug-likeness (QED) is 0.237. The molecule has 4 aromatic carbocycles. The molecule has 0 radical (unpaired) electrons. The number of para-hydroxylation sites is 1. The molecule has 0 fully saturated rings. The third-order valence-electron chi connectivity index (χ3n) is 6.63. The highest BCUT2D eigenvalue weighted by Crippen LogP contribution is 2.37. The van der Waals surface area contributed by atoms with Gasteiger partial charge in [-0.2, -0.15) is 5.10 Å². The van der Waals surface area contributed by atoms with Gasteiger partial charge in [0.2, 0.25) is 0 Å². The second-order valence-corrected chi connectivity index (χ2v) is 9.65. The van der Waals surface area contributed by atoms with Gasteiger partial charge in [-0.15, -0.1) is 0 Å². The molecule has 1 atom stereocenters. The zero-order valence-corrected chi connectivity index (χ0v) is 21.5. The molecule has 38 heavy (non-hydrogen) atoms. The van der Waals surface area contributed by atoms with Crippen molar-refractivity contribution in [3.8, 4) is 16.9 Å². The lowest BCUT2D eigenvalue weighted by atomic mass is 9.98. The maximum absolute atomic E-state index is 11.5. The summed E-state index contributed by atoms with van der Waals surface area (Å²) in [5.74, 6) is -0.376. The summed E-state index contributed by atoms with van der Waals surface area (Å²) < 4.78 is 8.67. The molecule has 0 aliphatic heterocycles. The van der Waals surface area contributed by atoms with Crippen LogP contribution in [0.1, 0.15) is 48.4 Å². The van der Waals surface area contributed by atoms with E-state index < -0.39 is 12.1 Å². The lowest BCUT2D eigenvalue weighted by Crippen LogP contribution is -2.13. The monoisotopic (exact) mass is 505 g/mol.